The summed E-state index contributed by atoms with van der Waals surface area (Å²) < 4.78 is 5.52. The number of allylic oxidation sites excluding steroid dienone is 1. The van der Waals surface area contributed by atoms with E-state index in [2.05, 4.69) is 16.0 Å². The van der Waals surface area contributed by atoms with Gasteiger partial charge < -0.3 is 25.6 Å². The topological polar surface area (TPSA) is 82.7 Å². The van der Waals surface area contributed by atoms with Gasteiger partial charge in [-0.05, 0) is 70.5 Å². The first-order valence-corrected chi connectivity index (χ1v) is 11.9. The summed E-state index contributed by atoms with van der Waals surface area (Å²) in [5.74, 6) is -0.356. The largest absolute Gasteiger partial charge is 0.459 e. The van der Waals surface area contributed by atoms with E-state index in [9.17, 15) is 9.59 Å². The number of urea groups is 1. The second-order valence-electron chi connectivity index (χ2n) is 8.64. The van der Waals surface area contributed by atoms with Gasteiger partial charge in [-0.25, -0.2) is 9.59 Å². The fraction of sp³-hybridized carbons (Fsp3) is 0.542. The predicted octanol–water partition coefficient (Wildman–Crippen LogP) is 4.62. The summed E-state index contributed by atoms with van der Waals surface area (Å²) in [6, 6.07) is 7.13. The molecule has 1 fully saturated rings. The molecule has 1 atom stereocenters. The molecule has 1 aromatic rings. The van der Waals surface area contributed by atoms with Crippen molar-refractivity contribution in [2.24, 2.45) is 0 Å². The summed E-state index contributed by atoms with van der Waals surface area (Å²) in [5, 5.41) is 9.82. The van der Waals surface area contributed by atoms with Gasteiger partial charge in [0.1, 0.15) is 0 Å². The van der Waals surface area contributed by atoms with Crippen molar-refractivity contribution >= 4 is 35.0 Å². The molecule has 1 unspecified atom stereocenters. The van der Waals surface area contributed by atoms with Crippen molar-refractivity contribution in [3.05, 3.63) is 41.1 Å². The highest BCUT2D eigenvalue weighted by Crippen LogP contribution is 2.32. The molecule has 32 heavy (non-hydrogen) atoms. The van der Waals surface area contributed by atoms with Crippen LogP contribution in [0.3, 0.4) is 0 Å². The maximum absolute atomic E-state index is 12.9. The van der Waals surface area contributed by atoms with Gasteiger partial charge in [0, 0.05) is 24.0 Å². The average molecular weight is 459 g/mol. The van der Waals surface area contributed by atoms with Gasteiger partial charge in [-0.3, -0.25) is 0 Å². The summed E-state index contributed by atoms with van der Waals surface area (Å²) in [6.45, 7) is 8.20. The Morgan fingerprint density at radius 3 is 2.44 bits per heavy atom. The van der Waals surface area contributed by atoms with Crippen molar-refractivity contribution in [3.8, 4) is 0 Å². The molecule has 1 heterocycles. The van der Waals surface area contributed by atoms with Gasteiger partial charge in [-0.2, -0.15) is 0 Å². The monoisotopic (exact) mass is 458 g/mol. The number of ether oxygens (including phenoxy) is 1. The lowest BCUT2D eigenvalue weighted by Crippen LogP contribution is -2.47. The molecule has 2 amide bonds. The maximum Gasteiger partial charge on any atom is 0.338 e. The molecule has 0 aromatic heterocycles. The first-order chi connectivity index (χ1) is 15.3. The van der Waals surface area contributed by atoms with Crippen LogP contribution >= 0.6 is 12.2 Å². The SMILES string of the molecule is CCN1C(=S)NC(c2ccc(NC(=O)NC3CCCCC3)cc2)C(C(=O)OC(C)C)=C1C. The highest BCUT2D eigenvalue weighted by atomic mass is 32.1. The van der Waals surface area contributed by atoms with E-state index in [0.29, 0.717) is 22.9 Å². The Morgan fingerprint density at radius 2 is 1.84 bits per heavy atom. The highest BCUT2D eigenvalue weighted by Gasteiger charge is 2.34. The zero-order valence-electron chi connectivity index (χ0n) is 19.4. The number of amides is 2. The molecule has 3 rings (SSSR count). The summed E-state index contributed by atoms with van der Waals surface area (Å²) in [4.78, 5) is 27.2. The van der Waals surface area contributed by atoms with Gasteiger partial charge in [0.05, 0.1) is 17.7 Å². The van der Waals surface area contributed by atoms with E-state index in [4.69, 9.17) is 17.0 Å². The number of rotatable bonds is 6. The number of thiocarbonyl (C=S) groups is 1. The molecule has 1 saturated carbocycles. The molecule has 0 spiro atoms. The van der Waals surface area contributed by atoms with Crippen LogP contribution in [-0.4, -0.2) is 40.7 Å². The fourth-order valence-corrected chi connectivity index (χ4v) is 4.70. The smallest absolute Gasteiger partial charge is 0.338 e. The van der Waals surface area contributed by atoms with Crippen molar-refractivity contribution < 1.29 is 14.3 Å². The van der Waals surface area contributed by atoms with E-state index in [-0.39, 0.29) is 24.1 Å². The minimum Gasteiger partial charge on any atom is -0.459 e. The van der Waals surface area contributed by atoms with Crippen LogP contribution in [-0.2, 0) is 9.53 Å². The first kappa shape index (κ1) is 24.0. The lowest BCUT2D eigenvalue weighted by molar-refractivity contribution is -0.143. The van der Waals surface area contributed by atoms with Crippen molar-refractivity contribution in [1.29, 1.82) is 0 Å². The molecule has 1 aliphatic carbocycles. The Labute approximate surface area is 196 Å². The Balaban J connectivity index is 1.76. The number of hydrogen-bond acceptors (Lipinski definition) is 4. The Bertz CT molecular complexity index is 876. The second-order valence-corrected chi connectivity index (χ2v) is 9.02. The third-order valence-electron chi connectivity index (χ3n) is 5.92. The minimum absolute atomic E-state index is 0.183. The van der Waals surface area contributed by atoms with Crippen LogP contribution in [0.15, 0.2) is 35.5 Å². The van der Waals surface area contributed by atoms with Gasteiger partial charge in [-0.1, -0.05) is 31.4 Å². The van der Waals surface area contributed by atoms with Crippen LogP contribution in [0.5, 0.6) is 0 Å². The molecule has 8 heteroatoms. The molecule has 1 aliphatic heterocycles. The lowest BCUT2D eigenvalue weighted by Gasteiger charge is -2.37. The van der Waals surface area contributed by atoms with Crippen LogP contribution in [0.2, 0.25) is 0 Å². The lowest BCUT2D eigenvalue weighted by atomic mass is 9.94. The summed E-state index contributed by atoms with van der Waals surface area (Å²) in [6.07, 6.45) is 5.43. The number of esters is 1. The number of carbonyl (C=O) groups excluding carboxylic acids is 2. The van der Waals surface area contributed by atoms with E-state index in [0.717, 1.165) is 24.1 Å². The van der Waals surface area contributed by atoms with Gasteiger partial charge in [0.2, 0.25) is 0 Å². The van der Waals surface area contributed by atoms with Gasteiger partial charge >= 0.3 is 12.0 Å². The molecule has 174 valence electrons. The van der Waals surface area contributed by atoms with E-state index in [1.54, 1.807) is 0 Å². The molecular weight excluding hydrogens is 424 g/mol. The van der Waals surface area contributed by atoms with Crippen molar-refractivity contribution in [2.45, 2.75) is 78.0 Å². The van der Waals surface area contributed by atoms with Crippen molar-refractivity contribution in [2.75, 3.05) is 11.9 Å². The fourth-order valence-electron chi connectivity index (χ4n) is 4.31. The third kappa shape index (κ3) is 5.79. The third-order valence-corrected chi connectivity index (χ3v) is 6.26. The normalized spacial score (nSPS) is 19.6. The summed E-state index contributed by atoms with van der Waals surface area (Å²) >= 11 is 5.53. The van der Waals surface area contributed by atoms with Crippen LogP contribution in [0.25, 0.3) is 0 Å². The standard InChI is InChI=1S/C24H34N4O3S/c1-5-28-16(4)20(22(29)31-15(2)3)21(27-24(28)32)17-11-13-19(14-12-17)26-23(30)25-18-9-7-6-8-10-18/h11-15,18,21H,5-10H2,1-4H3,(H,27,32)(H2,25,26,30). The molecule has 3 N–H and O–H groups in total. The van der Waals surface area contributed by atoms with Crippen molar-refractivity contribution in [3.63, 3.8) is 0 Å². The molecule has 0 saturated heterocycles. The number of anilines is 1. The zero-order chi connectivity index (χ0) is 23.3. The highest BCUT2D eigenvalue weighted by molar-refractivity contribution is 7.80. The van der Waals surface area contributed by atoms with Gasteiger partial charge in [0.15, 0.2) is 5.11 Å². The van der Waals surface area contributed by atoms with E-state index < -0.39 is 6.04 Å². The van der Waals surface area contributed by atoms with Crippen LogP contribution < -0.4 is 16.0 Å². The molecule has 2 aliphatic rings. The minimum atomic E-state index is -0.415. The second kappa shape index (κ2) is 10.8. The Morgan fingerprint density at radius 1 is 1.19 bits per heavy atom. The Hall–Kier alpha value is -2.61. The Kier molecular flexibility index (Phi) is 8.12. The van der Waals surface area contributed by atoms with E-state index in [1.165, 1.54) is 19.3 Å². The number of hydrogen-bond donors (Lipinski definition) is 3. The number of nitrogens with one attached hydrogen (secondary N) is 3. The molecule has 1 aromatic carbocycles. The number of carbonyl (C=O) groups is 2. The number of nitrogens with zero attached hydrogens (tertiary/aromatic N) is 1. The van der Waals surface area contributed by atoms with E-state index >= 15 is 0 Å². The summed E-state index contributed by atoms with van der Waals surface area (Å²) in [7, 11) is 0. The predicted molar refractivity (Wildman–Crippen MR) is 130 cm³/mol. The van der Waals surface area contributed by atoms with Gasteiger partial charge in [-0.15, -0.1) is 0 Å². The summed E-state index contributed by atoms with van der Waals surface area (Å²) in [5.41, 5.74) is 2.91. The van der Waals surface area contributed by atoms with Gasteiger partial charge in [0.25, 0.3) is 0 Å². The van der Waals surface area contributed by atoms with E-state index in [1.807, 2.05) is 56.9 Å². The zero-order valence-corrected chi connectivity index (χ0v) is 20.2. The average Bonchev–Trinajstić information content (AvgIpc) is 2.74. The first-order valence-electron chi connectivity index (χ1n) is 11.5. The van der Waals surface area contributed by atoms with Crippen LogP contribution in [0.4, 0.5) is 10.5 Å². The van der Waals surface area contributed by atoms with Crippen LogP contribution in [0, 0.1) is 0 Å². The molecule has 0 radical (unpaired) electrons. The quantitative estimate of drug-likeness (QED) is 0.426. The number of benzene rings is 1. The maximum atomic E-state index is 12.9. The molecular formula is C24H34N4O3S. The van der Waals surface area contributed by atoms with Crippen molar-refractivity contribution in [1.82, 2.24) is 15.5 Å². The molecule has 0 bridgehead atoms. The molecule has 7 nitrogen and oxygen atoms in total. The van der Waals surface area contributed by atoms with Crippen LogP contribution in [0.1, 0.15) is 71.4 Å².